The van der Waals surface area contributed by atoms with Gasteiger partial charge in [-0.25, -0.2) is 0 Å². The zero-order valence-electron chi connectivity index (χ0n) is 25.1. The smallest absolute Gasteiger partial charge is 0.293 e. The predicted octanol–water partition coefficient (Wildman–Crippen LogP) is 5.97. The summed E-state index contributed by atoms with van der Waals surface area (Å²) in [7, 11) is 0. The first kappa shape index (κ1) is 36.6. The van der Waals surface area contributed by atoms with E-state index in [2.05, 4.69) is 0 Å². The Morgan fingerprint density at radius 1 is 0.486 bits per heavy atom. The van der Waals surface area contributed by atoms with Crippen molar-refractivity contribution in [2.75, 3.05) is 52.9 Å². The molecule has 0 aliphatic rings. The quantitative estimate of drug-likeness (QED) is 0.100. The predicted molar refractivity (Wildman–Crippen MR) is 144 cm³/mol. The van der Waals surface area contributed by atoms with Crippen molar-refractivity contribution in [3.63, 3.8) is 0 Å². The van der Waals surface area contributed by atoms with Crippen LogP contribution in [0.15, 0.2) is 0 Å². The molecule has 9 heteroatoms. The molecule has 0 unspecified atom stereocenters. The molecule has 0 bridgehead atoms. The number of hydrogen-bond acceptors (Lipinski definition) is 9. The fourth-order valence-electron chi connectivity index (χ4n) is 4.39. The Balaban J connectivity index is 5.61. The van der Waals surface area contributed by atoms with E-state index < -0.39 is 23.8 Å². The molecule has 0 aromatic heterocycles. The molecule has 224 valence electrons. The maximum absolute atomic E-state index is 10.7. The van der Waals surface area contributed by atoms with Crippen LogP contribution in [-0.2, 0) is 37.9 Å². The second-order valence-electron chi connectivity index (χ2n) is 8.72. The van der Waals surface area contributed by atoms with E-state index in [1.54, 1.807) is 0 Å². The molecule has 0 spiro atoms. The number of rotatable bonds is 27. The molecule has 0 rings (SSSR count). The molecule has 0 fully saturated rings. The van der Waals surface area contributed by atoms with Gasteiger partial charge < -0.3 is 43.0 Å². The van der Waals surface area contributed by atoms with Gasteiger partial charge in [0.1, 0.15) is 5.92 Å². The molecule has 0 aromatic carbocycles. The van der Waals surface area contributed by atoms with Crippen molar-refractivity contribution in [3.8, 4) is 0 Å². The van der Waals surface area contributed by atoms with Crippen LogP contribution < -0.4 is 0 Å². The Kier molecular flexibility index (Phi) is 21.3. The molecular weight excluding hydrogens is 480 g/mol. The lowest BCUT2D eigenvalue weighted by molar-refractivity contribution is -0.489. The summed E-state index contributed by atoms with van der Waals surface area (Å²) >= 11 is 0. The van der Waals surface area contributed by atoms with Crippen LogP contribution in [0.3, 0.4) is 0 Å². The van der Waals surface area contributed by atoms with Gasteiger partial charge in [-0.3, -0.25) is 0 Å². The van der Waals surface area contributed by atoms with E-state index in [4.69, 9.17) is 37.9 Å². The standard InChI is InChI=1S/C28H58O9/c1-9-23-36-26(29,37-24-10-2)22-20-18-17-19-21-25(27(30-11-3,31-12-4)32-13-5)28(33-14-6,34-15-7)35-16-8/h25,29H,9-24H2,1-8H3. The zero-order chi connectivity index (χ0) is 28.0. The van der Waals surface area contributed by atoms with E-state index in [1.165, 1.54) is 0 Å². The van der Waals surface area contributed by atoms with Crippen LogP contribution in [0.1, 0.15) is 107 Å². The summed E-state index contributed by atoms with van der Waals surface area (Å²) in [4.78, 5) is 0. The van der Waals surface area contributed by atoms with Crippen molar-refractivity contribution in [2.24, 2.45) is 5.92 Å². The first-order chi connectivity index (χ1) is 17.8. The van der Waals surface area contributed by atoms with Crippen LogP contribution in [0.5, 0.6) is 0 Å². The minimum atomic E-state index is -1.52. The molecule has 0 amide bonds. The molecule has 0 radical (unpaired) electrons. The molecule has 1 N–H and O–H groups in total. The van der Waals surface area contributed by atoms with Gasteiger partial charge in [0.05, 0.1) is 13.2 Å². The van der Waals surface area contributed by atoms with Gasteiger partial charge in [0.15, 0.2) is 0 Å². The lowest BCUT2D eigenvalue weighted by Crippen LogP contribution is -2.60. The van der Waals surface area contributed by atoms with Crippen molar-refractivity contribution >= 4 is 0 Å². The average molecular weight is 539 g/mol. The molecule has 9 nitrogen and oxygen atoms in total. The lowest BCUT2D eigenvalue weighted by Gasteiger charge is -2.47. The number of unbranched alkanes of at least 4 members (excludes halogenated alkanes) is 3. The van der Waals surface area contributed by atoms with E-state index in [-0.39, 0.29) is 0 Å². The fourth-order valence-corrected chi connectivity index (χ4v) is 4.39. The lowest BCUT2D eigenvalue weighted by atomic mass is 9.94. The number of ether oxygens (including phenoxy) is 8. The summed E-state index contributed by atoms with van der Waals surface area (Å²) in [6.45, 7) is 18.8. The highest BCUT2D eigenvalue weighted by atomic mass is 16.9. The Morgan fingerprint density at radius 3 is 1.16 bits per heavy atom. The highest BCUT2D eigenvalue weighted by Crippen LogP contribution is 2.42. The van der Waals surface area contributed by atoms with E-state index in [9.17, 15) is 5.11 Å². The van der Waals surface area contributed by atoms with Crippen LogP contribution in [-0.4, -0.2) is 75.9 Å². The van der Waals surface area contributed by atoms with Gasteiger partial charge in [0.25, 0.3) is 17.9 Å². The first-order valence-corrected chi connectivity index (χ1v) is 14.7. The summed E-state index contributed by atoms with van der Waals surface area (Å²) in [5.74, 6) is -4.77. The Bertz CT molecular complexity index is 450. The third kappa shape index (κ3) is 13.0. The van der Waals surface area contributed by atoms with Crippen molar-refractivity contribution in [1.29, 1.82) is 0 Å². The molecule has 0 heterocycles. The van der Waals surface area contributed by atoms with Gasteiger partial charge in [-0.05, 0) is 67.2 Å². The van der Waals surface area contributed by atoms with Gasteiger partial charge in [0.2, 0.25) is 0 Å². The molecule has 0 atom stereocenters. The highest BCUT2D eigenvalue weighted by molar-refractivity contribution is 4.82. The summed E-state index contributed by atoms with van der Waals surface area (Å²) in [6.07, 6.45) is 6.11. The average Bonchev–Trinajstić information content (AvgIpc) is 2.86. The third-order valence-electron chi connectivity index (χ3n) is 5.73. The summed E-state index contributed by atoms with van der Waals surface area (Å²) in [5, 5.41) is 10.7. The molecule has 0 saturated heterocycles. The van der Waals surface area contributed by atoms with Crippen molar-refractivity contribution < 1.29 is 43.0 Å². The monoisotopic (exact) mass is 538 g/mol. The van der Waals surface area contributed by atoms with E-state index >= 15 is 0 Å². The van der Waals surface area contributed by atoms with E-state index in [0.717, 1.165) is 38.5 Å². The van der Waals surface area contributed by atoms with Gasteiger partial charge >= 0.3 is 0 Å². The minimum Gasteiger partial charge on any atom is -0.343 e. The highest BCUT2D eigenvalue weighted by Gasteiger charge is 2.57. The van der Waals surface area contributed by atoms with Crippen molar-refractivity contribution in [3.05, 3.63) is 0 Å². The first-order valence-electron chi connectivity index (χ1n) is 14.7. The van der Waals surface area contributed by atoms with Crippen LogP contribution in [0, 0.1) is 5.92 Å². The van der Waals surface area contributed by atoms with Crippen molar-refractivity contribution in [1.82, 2.24) is 0 Å². The molecule has 0 aliphatic carbocycles. The van der Waals surface area contributed by atoms with Crippen LogP contribution in [0.4, 0.5) is 0 Å². The molecule has 0 saturated carbocycles. The second kappa shape index (κ2) is 21.5. The molecular formula is C28H58O9. The largest absolute Gasteiger partial charge is 0.343 e. The maximum Gasteiger partial charge on any atom is 0.293 e. The summed E-state index contributed by atoms with van der Waals surface area (Å²) in [5.41, 5.74) is 0. The van der Waals surface area contributed by atoms with Gasteiger partial charge in [-0.15, -0.1) is 0 Å². The topological polar surface area (TPSA) is 94.1 Å². The van der Waals surface area contributed by atoms with Crippen LogP contribution in [0.25, 0.3) is 0 Å². The summed E-state index contributed by atoms with van der Waals surface area (Å²) in [6, 6.07) is 0. The Labute approximate surface area is 226 Å². The van der Waals surface area contributed by atoms with E-state index in [0.29, 0.717) is 65.7 Å². The number of hydrogen-bond donors (Lipinski definition) is 1. The number of aliphatic hydroxyl groups is 1. The normalized spacial score (nSPS) is 13.1. The van der Waals surface area contributed by atoms with Crippen LogP contribution >= 0.6 is 0 Å². The third-order valence-corrected chi connectivity index (χ3v) is 5.73. The minimum absolute atomic E-state index is 0.394. The molecule has 37 heavy (non-hydrogen) atoms. The zero-order valence-corrected chi connectivity index (χ0v) is 25.1. The Hall–Kier alpha value is -0.360. The maximum atomic E-state index is 10.7. The van der Waals surface area contributed by atoms with Crippen molar-refractivity contribution in [2.45, 2.75) is 125 Å². The van der Waals surface area contributed by atoms with Gasteiger partial charge in [-0.1, -0.05) is 33.1 Å². The SMILES string of the molecule is CCCOC(O)(CCCCCCC(C(OCC)(OCC)OCC)C(OCC)(OCC)OCC)OCCC. The molecule has 0 aromatic rings. The molecule has 0 aliphatic heterocycles. The van der Waals surface area contributed by atoms with Gasteiger partial charge in [-0.2, -0.15) is 0 Å². The fraction of sp³-hybridized carbons (Fsp3) is 1.00. The van der Waals surface area contributed by atoms with Crippen LogP contribution in [0.2, 0.25) is 0 Å². The van der Waals surface area contributed by atoms with Gasteiger partial charge in [0, 0.05) is 46.1 Å². The second-order valence-corrected chi connectivity index (χ2v) is 8.72. The van der Waals surface area contributed by atoms with E-state index in [1.807, 2.05) is 55.4 Å². The summed E-state index contributed by atoms with van der Waals surface area (Å²) < 4.78 is 48.2. The Morgan fingerprint density at radius 2 is 0.838 bits per heavy atom.